The van der Waals surface area contributed by atoms with Crippen LogP contribution in [0, 0.1) is 0 Å². The molecule has 0 aromatic carbocycles. The van der Waals surface area contributed by atoms with Gasteiger partial charge in [-0.2, -0.15) is 0 Å². The number of nitrogens with one attached hydrogen (secondary N) is 1. The van der Waals surface area contributed by atoms with Crippen LogP contribution in [-0.2, 0) is 4.74 Å². The molecule has 1 heterocycles. The molecular formula is C13H20ClN3O2. The molecule has 0 spiro atoms. The van der Waals surface area contributed by atoms with E-state index in [1.165, 1.54) is 6.20 Å². The van der Waals surface area contributed by atoms with Crippen molar-refractivity contribution in [2.45, 2.75) is 13.8 Å². The van der Waals surface area contributed by atoms with E-state index in [2.05, 4.69) is 10.3 Å². The number of rotatable bonds is 7. The number of carbonyl (C=O) groups is 1. The summed E-state index contributed by atoms with van der Waals surface area (Å²) < 4.78 is 5.27. The Kier molecular flexibility index (Phi) is 6.59. The Morgan fingerprint density at radius 3 is 2.79 bits per heavy atom. The lowest BCUT2D eigenvalue weighted by atomic mass is 10.2. The van der Waals surface area contributed by atoms with Gasteiger partial charge in [-0.1, -0.05) is 11.6 Å². The molecule has 1 rings (SSSR count). The van der Waals surface area contributed by atoms with Crippen molar-refractivity contribution >= 4 is 23.3 Å². The van der Waals surface area contributed by atoms with Crippen molar-refractivity contribution < 1.29 is 9.53 Å². The van der Waals surface area contributed by atoms with Crippen LogP contribution in [0.5, 0.6) is 0 Å². The fraction of sp³-hybridized carbons (Fsp3) is 0.538. The maximum absolute atomic E-state index is 12.3. The number of nitrogens with zero attached hydrogens (tertiary/aromatic N) is 2. The Bertz CT molecular complexity index is 426. The van der Waals surface area contributed by atoms with Crippen molar-refractivity contribution in [2.24, 2.45) is 0 Å². The average Bonchev–Trinajstić information content (AvgIpc) is 2.43. The molecule has 0 saturated carbocycles. The zero-order valence-electron chi connectivity index (χ0n) is 11.6. The molecule has 0 aliphatic rings. The number of amides is 1. The van der Waals surface area contributed by atoms with Gasteiger partial charge >= 0.3 is 0 Å². The predicted octanol–water partition coefficient (Wildman–Crippen LogP) is 2.28. The van der Waals surface area contributed by atoms with E-state index in [4.69, 9.17) is 16.3 Å². The molecule has 1 amide bonds. The van der Waals surface area contributed by atoms with Crippen molar-refractivity contribution in [1.82, 2.24) is 9.88 Å². The van der Waals surface area contributed by atoms with E-state index in [-0.39, 0.29) is 5.91 Å². The average molecular weight is 286 g/mol. The van der Waals surface area contributed by atoms with E-state index in [1.807, 2.05) is 13.8 Å². The summed E-state index contributed by atoms with van der Waals surface area (Å²) in [5.74, 6) is 0.481. The molecule has 0 radical (unpaired) electrons. The van der Waals surface area contributed by atoms with Crippen molar-refractivity contribution in [2.75, 3.05) is 38.7 Å². The van der Waals surface area contributed by atoms with Crippen LogP contribution in [0.15, 0.2) is 12.3 Å². The number of carbonyl (C=O) groups excluding carboxylic acids is 1. The van der Waals surface area contributed by atoms with Gasteiger partial charge in [0.1, 0.15) is 5.82 Å². The second kappa shape index (κ2) is 7.96. The van der Waals surface area contributed by atoms with E-state index < -0.39 is 0 Å². The third-order valence-electron chi connectivity index (χ3n) is 2.70. The minimum Gasteiger partial charge on any atom is -0.380 e. The number of halogens is 1. The van der Waals surface area contributed by atoms with Crippen molar-refractivity contribution in [1.29, 1.82) is 0 Å². The zero-order valence-corrected chi connectivity index (χ0v) is 12.3. The monoisotopic (exact) mass is 285 g/mol. The molecule has 0 aliphatic heterocycles. The van der Waals surface area contributed by atoms with Crippen LogP contribution >= 0.6 is 11.6 Å². The summed E-state index contributed by atoms with van der Waals surface area (Å²) in [6, 6.07) is 1.63. The van der Waals surface area contributed by atoms with Crippen LogP contribution in [0.3, 0.4) is 0 Å². The molecule has 0 unspecified atom stereocenters. The lowest BCUT2D eigenvalue weighted by Crippen LogP contribution is -2.34. The summed E-state index contributed by atoms with van der Waals surface area (Å²) in [6.07, 6.45) is 1.53. The molecule has 1 N–H and O–H groups in total. The second-order valence-corrected chi connectivity index (χ2v) is 4.29. The highest BCUT2D eigenvalue weighted by Gasteiger charge is 2.15. The molecule has 1 aromatic rings. The minimum atomic E-state index is -0.0840. The summed E-state index contributed by atoms with van der Waals surface area (Å²) >= 11 is 6.03. The van der Waals surface area contributed by atoms with Gasteiger partial charge in [0.25, 0.3) is 5.91 Å². The van der Waals surface area contributed by atoms with Gasteiger partial charge in [0.05, 0.1) is 17.2 Å². The molecule has 106 valence electrons. The Balaban J connectivity index is 2.76. The maximum atomic E-state index is 12.3. The van der Waals surface area contributed by atoms with E-state index in [9.17, 15) is 4.79 Å². The van der Waals surface area contributed by atoms with Crippen LogP contribution in [0.4, 0.5) is 5.82 Å². The molecule has 19 heavy (non-hydrogen) atoms. The Hall–Kier alpha value is -1.33. The summed E-state index contributed by atoms with van der Waals surface area (Å²) in [7, 11) is 1.73. The molecule has 1 aromatic heterocycles. The molecule has 5 nitrogen and oxygen atoms in total. The third kappa shape index (κ3) is 4.36. The smallest absolute Gasteiger partial charge is 0.255 e. The Morgan fingerprint density at radius 2 is 2.26 bits per heavy atom. The largest absolute Gasteiger partial charge is 0.380 e. The molecule has 6 heteroatoms. The van der Waals surface area contributed by atoms with Crippen molar-refractivity contribution in [3.05, 3.63) is 22.8 Å². The van der Waals surface area contributed by atoms with Gasteiger partial charge in [0.15, 0.2) is 0 Å². The van der Waals surface area contributed by atoms with Crippen LogP contribution in [0.2, 0.25) is 5.02 Å². The second-order valence-electron chi connectivity index (χ2n) is 3.89. The molecular weight excluding hydrogens is 266 g/mol. The fourth-order valence-corrected chi connectivity index (χ4v) is 1.90. The number of hydrogen-bond acceptors (Lipinski definition) is 4. The highest BCUT2D eigenvalue weighted by atomic mass is 35.5. The number of likely N-dealkylation sites (N-methyl/N-ethyl adjacent to an activating group) is 1. The lowest BCUT2D eigenvalue weighted by Gasteiger charge is -2.20. The maximum Gasteiger partial charge on any atom is 0.255 e. The predicted molar refractivity (Wildman–Crippen MR) is 76.9 cm³/mol. The molecule has 0 fully saturated rings. The summed E-state index contributed by atoms with van der Waals surface area (Å²) in [5, 5.41) is 3.30. The van der Waals surface area contributed by atoms with Gasteiger partial charge in [0.2, 0.25) is 0 Å². The van der Waals surface area contributed by atoms with Gasteiger partial charge in [-0.3, -0.25) is 4.79 Å². The van der Waals surface area contributed by atoms with Crippen molar-refractivity contribution in [3.63, 3.8) is 0 Å². The van der Waals surface area contributed by atoms with Crippen LogP contribution in [0.25, 0.3) is 0 Å². The Morgan fingerprint density at radius 1 is 1.53 bits per heavy atom. The molecule has 0 atom stereocenters. The first-order valence-electron chi connectivity index (χ1n) is 6.34. The number of pyridine rings is 1. The third-order valence-corrected chi connectivity index (χ3v) is 2.99. The number of aromatic nitrogens is 1. The van der Waals surface area contributed by atoms with Crippen LogP contribution < -0.4 is 5.32 Å². The van der Waals surface area contributed by atoms with E-state index in [1.54, 1.807) is 18.0 Å². The fourth-order valence-electron chi connectivity index (χ4n) is 1.64. The standard InChI is InChI=1S/C13H20ClN3O2/c1-4-17(6-7-19-5-2)13(18)10-8-11(14)12(15-3)16-9-10/h8-9H,4-7H2,1-3H3,(H,15,16). The Labute approximate surface area is 118 Å². The first-order valence-corrected chi connectivity index (χ1v) is 6.72. The number of anilines is 1. The van der Waals surface area contributed by atoms with E-state index in [0.717, 1.165) is 0 Å². The first-order chi connectivity index (χ1) is 9.13. The summed E-state index contributed by atoms with van der Waals surface area (Å²) in [4.78, 5) is 18.1. The number of ether oxygens (including phenoxy) is 1. The lowest BCUT2D eigenvalue weighted by molar-refractivity contribution is 0.0669. The molecule has 0 aliphatic carbocycles. The quantitative estimate of drug-likeness (QED) is 0.781. The van der Waals surface area contributed by atoms with Gasteiger partial charge in [0, 0.05) is 32.9 Å². The van der Waals surface area contributed by atoms with E-state index >= 15 is 0 Å². The van der Waals surface area contributed by atoms with Gasteiger partial charge in [-0.15, -0.1) is 0 Å². The normalized spacial score (nSPS) is 10.3. The van der Waals surface area contributed by atoms with E-state index in [0.29, 0.717) is 42.7 Å². The summed E-state index contributed by atoms with van der Waals surface area (Å²) in [5.41, 5.74) is 0.488. The summed E-state index contributed by atoms with van der Waals surface area (Å²) in [6.45, 7) is 6.23. The van der Waals surface area contributed by atoms with Gasteiger partial charge in [-0.25, -0.2) is 4.98 Å². The van der Waals surface area contributed by atoms with Crippen LogP contribution in [-0.4, -0.2) is 49.1 Å². The highest BCUT2D eigenvalue weighted by molar-refractivity contribution is 6.33. The minimum absolute atomic E-state index is 0.0840. The highest BCUT2D eigenvalue weighted by Crippen LogP contribution is 2.20. The van der Waals surface area contributed by atoms with Gasteiger partial charge in [-0.05, 0) is 19.9 Å². The first kappa shape index (κ1) is 15.7. The zero-order chi connectivity index (χ0) is 14.3. The number of hydrogen-bond donors (Lipinski definition) is 1. The van der Waals surface area contributed by atoms with Crippen molar-refractivity contribution in [3.8, 4) is 0 Å². The molecule has 0 bridgehead atoms. The SMILES string of the molecule is CCOCCN(CC)C(=O)c1cnc(NC)c(Cl)c1. The van der Waals surface area contributed by atoms with Crippen LogP contribution in [0.1, 0.15) is 24.2 Å². The van der Waals surface area contributed by atoms with Gasteiger partial charge < -0.3 is 15.0 Å². The topological polar surface area (TPSA) is 54.5 Å². The molecule has 0 saturated heterocycles.